The molecule has 128 valence electrons. The van der Waals surface area contributed by atoms with E-state index < -0.39 is 5.97 Å². The molecule has 0 bridgehead atoms. The average molecular weight is 341 g/mol. The number of H-pyrrole nitrogens is 1. The first kappa shape index (κ1) is 16.2. The van der Waals surface area contributed by atoms with Crippen LogP contribution in [0.3, 0.4) is 0 Å². The van der Waals surface area contributed by atoms with Gasteiger partial charge in [-0.2, -0.15) is 0 Å². The summed E-state index contributed by atoms with van der Waals surface area (Å²) in [7, 11) is 0. The first-order chi connectivity index (χ1) is 12.5. The second-order valence-electron chi connectivity index (χ2n) is 6.58. The van der Waals surface area contributed by atoms with E-state index in [0.717, 1.165) is 17.0 Å². The average Bonchev–Trinajstić information content (AvgIpc) is 3.15. The van der Waals surface area contributed by atoms with Gasteiger partial charge in [-0.25, -0.2) is 4.79 Å². The predicted molar refractivity (Wildman–Crippen MR) is 106 cm³/mol. The second-order valence-corrected chi connectivity index (χ2v) is 6.58. The molecule has 1 aromatic heterocycles. The van der Waals surface area contributed by atoms with Crippen LogP contribution in [-0.4, -0.2) is 16.1 Å². The van der Waals surface area contributed by atoms with E-state index in [1.54, 1.807) is 12.1 Å². The molecule has 0 unspecified atom stereocenters. The van der Waals surface area contributed by atoms with E-state index in [4.69, 9.17) is 5.11 Å². The summed E-state index contributed by atoms with van der Waals surface area (Å²) in [5.41, 5.74) is 7.04. The van der Waals surface area contributed by atoms with Crippen molar-refractivity contribution < 1.29 is 9.90 Å². The summed E-state index contributed by atoms with van der Waals surface area (Å²) in [6.07, 6.45) is 0. The number of aryl methyl sites for hydroxylation is 2. The van der Waals surface area contributed by atoms with Crippen LogP contribution in [0.5, 0.6) is 0 Å². The number of carboxylic acids is 1. The molecule has 0 atom stereocenters. The molecule has 3 aromatic carbocycles. The Morgan fingerprint density at radius 1 is 0.846 bits per heavy atom. The van der Waals surface area contributed by atoms with Crippen LogP contribution < -0.4 is 0 Å². The van der Waals surface area contributed by atoms with Crippen molar-refractivity contribution in [2.24, 2.45) is 0 Å². The van der Waals surface area contributed by atoms with Gasteiger partial charge in [-0.1, -0.05) is 36.4 Å². The van der Waals surface area contributed by atoms with E-state index in [2.05, 4.69) is 55.2 Å². The van der Waals surface area contributed by atoms with Gasteiger partial charge < -0.3 is 10.1 Å². The number of carboxylic acid groups (broad SMARTS) is 1. The zero-order valence-corrected chi connectivity index (χ0v) is 14.7. The van der Waals surface area contributed by atoms with Gasteiger partial charge in [0.05, 0.1) is 5.56 Å². The largest absolute Gasteiger partial charge is 0.478 e. The Kier molecular flexibility index (Phi) is 3.85. The second kappa shape index (κ2) is 6.19. The highest BCUT2D eigenvalue weighted by molar-refractivity contribution is 5.99. The predicted octanol–water partition coefficient (Wildman–Crippen LogP) is 5.82. The first-order valence-electron chi connectivity index (χ1n) is 8.56. The minimum Gasteiger partial charge on any atom is -0.478 e. The Morgan fingerprint density at radius 2 is 1.50 bits per heavy atom. The van der Waals surface area contributed by atoms with E-state index >= 15 is 0 Å². The van der Waals surface area contributed by atoms with E-state index in [1.165, 1.54) is 27.5 Å². The molecule has 2 N–H and O–H groups in total. The van der Waals surface area contributed by atoms with Gasteiger partial charge in [0.1, 0.15) is 0 Å². The molecule has 0 aliphatic rings. The number of hydrogen-bond donors (Lipinski definition) is 2. The highest BCUT2D eigenvalue weighted by Gasteiger charge is 2.11. The number of rotatable bonds is 3. The van der Waals surface area contributed by atoms with E-state index in [0.29, 0.717) is 5.56 Å². The van der Waals surface area contributed by atoms with Crippen molar-refractivity contribution >= 4 is 16.7 Å². The van der Waals surface area contributed by atoms with Gasteiger partial charge in [-0.3, -0.25) is 0 Å². The Morgan fingerprint density at radius 3 is 2.19 bits per heavy atom. The molecule has 0 fully saturated rings. The SMILES string of the molecule is Cc1cc(-c2ccc(-c3ccc(C(=O)O)cc3)[nH]2)c2ccccc2c1C. The topological polar surface area (TPSA) is 53.1 Å². The summed E-state index contributed by atoms with van der Waals surface area (Å²) in [5.74, 6) is -0.912. The molecule has 0 saturated heterocycles. The van der Waals surface area contributed by atoms with Crippen LogP contribution in [-0.2, 0) is 0 Å². The maximum atomic E-state index is 11.0. The highest BCUT2D eigenvalue weighted by atomic mass is 16.4. The van der Waals surface area contributed by atoms with Gasteiger partial charge in [-0.15, -0.1) is 0 Å². The number of aromatic amines is 1. The summed E-state index contributed by atoms with van der Waals surface area (Å²) in [5, 5.41) is 11.5. The van der Waals surface area contributed by atoms with Gasteiger partial charge >= 0.3 is 5.97 Å². The fraction of sp³-hybridized carbons (Fsp3) is 0.0870. The summed E-state index contributed by atoms with van der Waals surface area (Å²) in [6.45, 7) is 4.30. The van der Waals surface area contributed by atoms with Crippen LogP contribution in [0.15, 0.2) is 66.7 Å². The number of carbonyl (C=O) groups is 1. The van der Waals surface area contributed by atoms with Crippen molar-refractivity contribution in [1.29, 1.82) is 0 Å². The molecule has 1 heterocycles. The molecule has 3 nitrogen and oxygen atoms in total. The maximum Gasteiger partial charge on any atom is 0.335 e. The molecule has 0 spiro atoms. The van der Waals surface area contributed by atoms with Crippen LogP contribution in [0.1, 0.15) is 21.5 Å². The van der Waals surface area contributed by atoms with E-state index in [1.807, 2.05) is 18.2 Å². The van der Waals surface area contributed by atoms with Crippen LogP contribution in [0.25, 0.3) is 33.3 Å². The molecule has 26 heavy (non-hydrogen) atoms. The number of aromatic carboxylic acids is 1. The van der Waals surface area contributed by atoms with Crippen molar-refractivity contribution in [2.45, 2.75) is 13.8 Å². The lowest BCUT2D eigenvalue weighted by atomic mass is 9.95. The van der Waals surface area contributed by atoms with Gasteiger partial charge in [0, 0.05) is 17.0 Å². The van der Waals surface area contributed by atoms with E-state index in [-0.39, 0.29) is 0 Å². The smallest absolute Gasteiger partial charge is 0.335 e. The summed E-state index contributed by atoms with van der Waals surface area (Å²) >= 11 is 0. The van der Waals surface area contributed by atoms with Crippen LogP contribution in [0, 0.1) is 13.8 Å². The van der Waals surface area contributed by atoms with Crippen LogP contribution >= 0.6 is 0 Å². The number of hydrogen-bond acceptors (Lipinski definition) is 1. The summed E-state index contributed by atoms with van der Waals surface area (Å²) in [4.78, 5) is 14.5. The van der Waals surface area contributed by atoms with Crippen molar-refractivity contribution in [2.75, 3.05) is 0 Å². The Bertz CT molecular complexity index is 1120. The van der Waals surface area contributed by atoms with Crippen LogP contribution in [0.2, 0.25) is 0 Å². The first-order valence-corrected chi connectivity index (χ1v) is 8.56. The van der Waals surface area contributed by atoms with Crippen molar-refractivity contribution in [3.63, 3.8) is 0 Å². The molecule has 4 rings (SSSR count). The monoisotopic (exact) mass is 341 g/mol. The zero-order chi connectivity index (χ0) is 18.3. The molecule has 0 radical (unpaired) electrons. The van der Waals surface area contributed by atoms with Gasteiger partial charge in [-0.05, 0) is 71.6 Å². The highest BCUT2D eigenvalue weighted by Crippen LogP contribution is 2.33. The molecular weight excluding hydrogens is 322 g/mol. The minimum absolute atomic E-state index is 0.292. The summed E-state index contributed by atoms with van der Waals surface area (Å²) < 4.78 is 0. The van der Waals surface area contributed by atoms with Crippen LogP contribution in [0.4, 0.5) is 0 Å². The molecular formula is C23H19NO2. The standard InChI is InChI=1S/C23H19NO2/c1-14-13-20(19-6-4-3-5-18(19)15(14)2)22-12-11-21(24-22)16-7-9-17(10-8-16)23(25)26/h3-13,24H,1-2H3,(H,25,26). The normalized spacial score (nSPS) is 11.0. The van der Waals surface area contributed by atoms with E-state index in [9.17, 15) is 4.79 Å². The van der Waals surface area contributed by atoms with Gasteiger partial charge in [0.2, 0.25) is 0 Å². The maximum absolute atomic E-state index is 11.0. The summed E-state index contributed by atoms with van der Waals surface area (Å²) in [6, 6.07) is 21.7. The molecule has 0 amide bonds. The molecule has 3 heteroatoms. The number of benzene rings is 3. The lowest BCUT2D eigenvalue weighted by molar-refractivity contribution is 0.0697. The number of aromatic nitrogens is 1. The molecule has 0 aliphatic carbocycles. The third-order valence-corrected chi connectivity index (χ3v) is 4.99. The molecule has 0 aliphatic heterocycles. The third-order valence-electron chi connectivity index (χ3n) is 4.99. The Balaban J connectivity index is 1.81. The third kappa shape index (κ3) is 2.68. The lowest BCUT2D eigenvalue weighted by Gasteiger charge is -2.11. The number of fused-ring (bicyclic) bond motifs is 1. The Labute approximate surface area is 151 Å². The molecule has 4 aromatic rings. The van der Waals surface area contributed by atoms with Crippen molar-refractivity contribution in [3.8, 4) is 22.5 Å². The number of nitrogens with one attached hydrogen (secondary N) is 1. The zero-order valence-electron chi connectivity index (χ0n) is 14.7. The fourth-order valence-electron chi connectivity index (χ4n) is 3.40. The quantitative estimate of drug-likeness (QED) is 0.493. The minimum atomic E-state index is -0.912. The lowest BCUT2D eigenvalue weighted by Crippen LogP contribution is -1.95. The van der Waals surface area contributed by atoms with Gasteiger partial charge in [0.25, 0.3) is 0 Å². The Hall–Kier alpha value is -3.33. The van der Waals surface area contributed by atoms with Crippen molar-refractivity contribution in [1.82, 2.24) is 4.98 Å². The van der Waals surface area contributed by atoms with Gasteiger partial charge in [0.15, 0.2) is 0 Å². The molecule has 0 saturated carbocycles. The van der Waals surface area contributed by atoms with Crippen molar-refractivity contribution in [3.05, 3.63) is 83.4 Å². The fourth-order valence-corrected chi connectivity index (χ4v) is 3.40.